The average molecular weight is 370 g/mol. The molecule has 2 N–H and O–H groups in total. The van der Waals surface area contributed by atoms with Crippen molar-refractivity contribution in [2.24, 2.45) is 0 Å². The fraction of sp³-hybridized carbons (Fsp3) is 0.500. The zero-order valence-electron chi connectivity index (χ0n) is 15.6. The van der Waals surface area contributed by atoms with Crippen LogP contribution in [-0.2, 0) is 9.53 Å². The molecule has 7 heteroatoms. The lowest BCUT2D eigenvalue weighted by molar-refractivity contribution is -0.146. The van der Waals surface area contributed by atoms with Gasteiger partial charge in [-0.05, 0) is 30.5 Å². The summed E-state index contributed by atoms with van der Waals surface area (Å²) in [6.07, 6.45) is 3.38. The van der Waals surface area contributed by atoms with E-state index in [0.717, 1.165) is 55.0 Å². The number of aromatic nitrogens is 2. The number of rotatable bonds is 4. The van der Waals surface area contributed by atoms with Crippen molar-refractivity contribution in [3.8, 4) is 16.9 Å². The second kappa shape index (κ2) is 8.10. The average Bonchev–Trinajstić information content (AvgIpc) is 3.24. The number of nitrogens with one attached hydrogen (secondary N) is 2. The third kappa shape index (κ3) is 3.84. The van der Waals surface area contributed by atoms with Crippen LogP contribution in [0.15, 0.2) is 30.5 Å². The van der Waals surface area contributed by atoms with Gasteiger partial charge in [0.2, 0.25) is 0 Å². The molecule has 4 rings (SSSR count). The van der Waals surface area contributed by atoms with Gasteiger partial charge in [0.1, 0.15) is 11.9 Å². The standard InChI is InChI=1S/C20H26N4O3/c1-26-16-4-2-3-15(11-16)17-12-22-23-19(17)14-5-8-24(9-6-14)20(25)18-13-21-7-10-27-18/h2-4,11-12,14,18,21H,5-10,13H2,1H3,(H,22,23)/t18-/m1/s1. The van der Waals surface area contributed by atoms with Crippen LogP contribution in [0.3, 0.4) is 0 Å². The monoisotopic (exact) mass is 370 g/mol. The molecule has 0 spiro atoms. The highest BCUT2D eigenvalue weighted by Crippen LogP contribution is 2.35. The van der Waals surface area contributed by atoms with Crippen molar-refractivity contribution < 1.29 is 14.3 Å². The Kier molecular flexibility index (Phi) is 5.40. The van der Waals surface area contributed by atoms with Crippen molar-refractivity contribution in [1.82, 2.24) is 20.4 Å². The molecule has 1 atom stereocenters. The molecule has 1 aromatic carbocycles. The van der Waals surface area contributed by atoms with Crippen LogP contribution >= 0.6 is 0 Å². The van der Waals surface area contributed by atoms with Crippen LogP contribution in [0.5, 0.6) is 5.75 Å². The second-order valence-corrected chi connectivity index (χ2v) is 7.09. The number of nitrogens with zero attached hydrogens (tertiary/aromatic N) is 2. The number of methoxy groups -OCH3 is 1. The molecular formula is C20H26N4O3. The number of H-pyrrole nitrogens is 1. The van der Waals surface area contributed by atoms with Gasteiger partial charge in [-0.3, -0.25) is 9.89 Å². The molecule has 27 heavy (non-hydrogen) atoms. The molecule has 1 amide bonds. The highest BCUT2D eigenvalue weighted by molar-refractivity contribution is 5.81. The van der Waals surface area contributed by atoms with E-state index < -0.39 is 0 Å². The minimum Gasteiger partial charge on any atom is -0.497 e. The lowest BCUT2D eigenvalue weighted by Crippen LogP contribution is -2.51. The predicted octanol–water partition coefficient (Wildman–Crippen LogP) is 1.78. The molecular weight excluding hydrogens is 344 g/mol. The van der Waals surface area contributed by atoms with E-state index in [1.807, 2.05) is 29.3 Å². The van der Waals surface area contributed by atoms with Gasteiger partial charge in [-0.1, -0.05) is 12.1 Å². The van der Waals surface area contributed by atoms with Gasteiger partial charge in [0.05, 0.1) is 19.9 Å². The Bertz CT molecular complexity index is 777. The first kappa shape index (κ1) is 18.0. The van der Waals surface area contributed by atoms with Gasteiger partial charge >= 0.3 is 0 Å². The number of hydrogen-bond acceptors (Lipinski definition) is 5. The molecule has 144 valence electrons. The molecule has 2 aromatic rings. The minimum atomic E-state index is -0.338. The number of hydrogen-bond donors (Lipinski definition) is 2. The second-order valence-electron chi connectivity index (χ2n) is 7.09. The number of carbonyl (C=O) groups is 1. The van der Waals surface area contributed by atoms with E-state index in [4.69, 9.17) is 9.47 Å². The van der Waals surface area contributed by atoms with Crippen molar-refractivity contribution in [2.75, 3.05) is 39.9 Å². The van der Waals surface area contributed by atoms with Crippen LogP contribution in [0.2, 0.25) is 0 Å². The maximum absolute atomic E-state index is 12.6. The van der Waals surface area contributed by atoms with Gasteiger partial charge in [-0.15, -0.1) is 0 Å². The molecule has 2 aliphatic rings. The van der Waals surface area contributed by atoms with Crippen LogP contribution in [0, 0.1) is 0 Å². The predicted molar refractivity (Wildman–Crippen MR) is 102 cm³/mol. The molecule has 2 aliphatic heterocycles. The molecule has 0 bridgehead atoms. The molecule has 2 fully saturated rings. The normalized spacial score (nSPS) is 21.2. The Hall–Kier alpha value is -2.38. The molecule has 7 nitrogen and oxygen atoms in total. The van der Waals surface area contributed by atoms with E-state index in [1.54, 1.807) is 7.11 Å². The van der Waals surface area contributed by atoms with Crippen LogP contribution < -0.4 is 10.1 Å². The molecule has 0 unspecified atom stereocenters. The van der Waals surface area contributed by atoms with E-state index >= 15 is 0 Å². The van der Waals surface area contributed by atoms with E-state index in [2.05, 4.69) is 21.6 Å². The van der Waals surface area contributed by atoms with Gasteiger partial charge in [-0.2, -0.15) is 5.10 Å². The summed E-state index contributed by atoms with van der Waals surface area (Å²) >= 11 is 0. The lowest BCUT2D eigenvalue weighted by atomic mass is 9.89. The summed E-state index contributed by atoms with van der Waals surface area (Å²) in [6.45, 7) is 3.53. The highest BCUT2D eigenvalue weighted by Gasteiger charge is 2.31. The minimum absolute atomic E-state index is 0.110. The Morgan fingerprint density at radius 1 is 1.33 bits per heavy atom. The Morgan fingerprint density at radius 3 is 2.93 bits per heavy atom. The summed E-state index contributed by atoms with van der Waals surface area (Å²) in [5.74, 6) is 1.31. The Morgan fingerprint density at radius 2 is 2.19 bits per heavy atom. The summed E-state index contributed by atoms with van der Waals surface area (Å²) in [4.78, 5) is 14.6. The van der Waals surface area contributed by atoms with Gasteiger partial charge in [-0.25, -0.2) is 0 Å². The Balaban J connectivity index is 1.43. The smallest absolute Gasteiger partial charge is 0.253 e. The zero-order valence-corrected chi connectivity index (χ0v) is 15.6. The third-order valence-electron chi connectivity index (χ3n) is 5.47. The van der Waals surface area contributed by atoms with Gasteiger partial charge in [0.25, 0.3) is 5.91 Å². The van der Waals surface area contributed by atoms with E-state index in [1.165, 1.54) is 0 Å². The van der Waals surface area contributed by atoms with E-state index in [-0.39, 0.29) is 12.0 Å². The largest absolute Gasteiger partial charge is 0.497 e. The number of piperidine rings is 1. The summed E-state index contributed by atoms with van der Waals surface area (Å²) in [7, 11) is 1.67. The van der Waals surface area contributed by atoms with E-state index in [9.17, 15) is 4.79 Å². The number of amides is 1. The molecule has 2 saturated heterocycles. The zero-order chi connectivity index (χ0) is 18.6. The number of aromatic amines is 1. The number of likely N-dealkylation sites (tertiary alicyclic amines) is 1. The molecule has 0 radical (unpaired) electrons. The van der Waals surface area contributed by atoms with Crippen LogP contribution in [0.1, 0.15) is 24.5 Å². The van der Waals surface area contributed by atoms with Gasteiger partial charge < -0.3 is 19.7 Å². The van der Waals surface area contributed by atoms with Crippen molar-refractivity contribution in [1.29, 1.82) is 0 Å². The molecule has 0 aliphatic carbocycles. The van der Waals surface area contributed by atoms with Crippen molar-refractivity contribution in [3.63, 3.8) is 0 Å². The van der Waals surface area contributed by atoms with Crippen molar-refractivity contribution in [2.45, 2.75) is 24.9 Å². The van der Waals surface area contributed by atoms with Crippen LogP contribution in [-0.4, -0.2) is 67.0 Å². The number of morpholine rings is 1. The lowest BCUT2D eigenvalue weighted by Gasteiger charge is -2.35. The SMILES string of the molecule is COc1cccc(-c2cn[nH]c2C2CCN(C(=O)[C@H]3CNCCO3)CC2)c1. The summed E-state index contributed by atoms with van der Waals surface area (Å²) in [5.41, 5.74) is 3.35. The molecule has 0 saturated carbocycles. The third-order valence-corrected chi connectivity index (χ3v) is 5.47. The quantitative estimate of drug-likeness (QED) is 0.858. The highest BCUT2D eigenvalue weighted by atomic mass is 16.5. The maximum atomic E-state index is 12.6. The van der Waals surface area contributed by atoms with Gasteiger partial charge in [0, 0.05) is 43.4 Å². The van der Waals surface area contributed by atoms with Crippen molar-refractivity contribution in [3.05, 3.63) is 36.2 Å². The fourth-order valence-corrected chi connectivity index (χ4v) is 3.94. The molecule has 1 aromatic heterocycles. The van der Waals surface area contributed by atoms with Crippen LogP contribution in [0.4, 0.5) is 0 Å². The summed E-state index contributed by atoms with van der Waals surface area (Å²) in [5, 5.41) is 10.7. The summed E-state index contributed by atoms with van der Waals surface area (Å²) in [6, 6.07) is 8.03. The topological polar surface area (TPSA) is 79.5 Å². The number of ether oxygens (including phenoxy) is 2. The number of carbonyl (C=O) groups excluding carboxylic acids is 1. The van der Waals surface area contributed by atoms with E-state index in [0.29, 0.717) is 19.1 Å². The maximum Gasteiger partial charge on any atom is 0.253 e. The Labute approximate surface area is 159 Å². The first-order valence-corrected chi connectivity index (χ1v) is 9.55. The fourth-order valence-electron chi connectivity index (χ4n) is 3.94. The first-order valence-electron chi connectivity index (χ1n) is 9.55. The molecule has 3 heterocycles. The van der Waals surface area contributed by atoms with Crippen LogP contribution in [0.25, 0.3) is 11.1 Å². The number of benzene rings is 1. The summed E-state index contributed by atoms with van der Waals surface area (Å²) < 4.78 is 11.0. The van der Waals surface area contributed by atoms with Crippen molar-refractivity contribution >= 4 is 5.91 Å². The van der Waals surface area contributed by atoms with Gasteiger partial charge in [0.15, 0.2) is 0 Å². The first-order chi connectivity index (χ1) is 13.3.